The smallest absolute Gasteiger partial charge is 0.306 e. The van der Waals surface area contributed by atoms with Gasteiger partial charge in [-0.1, -0.05) is 6.92 Å². The summed E-state index contributed by atoms with van der Waals surface area (Å²) in [4.78, 5) is 11.3. The Kier molecular flexibility index (Phi) is 4.39. The van der Waals surface area contributed by atoms with E-state index in [1.54, 1.807) is 0 Å². The van der Waals surface area contributed by atoms with E-state index in [0.717, 1.165) is 12.8 Å². The highest BCUT2D eigenvalue weighted by Crippen LogP contribution is 2.30. The highest BCUT2D eigenvalue weighted by atomic mass is 16.5. The molecule has 14 heavy (non-hydrogen) atoms. The predicted molar refractivity (Wildman–Crippen MR) is 55.7 cm³/mol. The molecule has 0 aliphatic heterocycles. The van der Waals surface area contributed by atoms with Crippen LogP contribution in [0, 0.1) is 11.8 Å². The lowest BCUT2D eigenvalue weighted by atomic mass is 9.78. The van der Waals surface area contributed by atoms with Crippen molar-refractivity contribution in [3.05, 3.63) is 0 Å². The molecule has 0 saturated heterocycles. The Morgan fingerprint density at radius 3 is 2.86 bits per heavy atom. The maximum Gasteiger partial charge on any atom is 0.306 e. The van der Waals surface area contributed by atoms with Gasteiger partial charge in [0.05, 0.1) is 6.61 Å². The fourth-order valence-electron chi connectivity index (χ4n) is 2.19. The lowest BCUT2D eigenvalue weighted by Crippen LogP contribution is -2.37. The molecule has 1 fully saturated rings. The second kappa shape index (κ2) is 5.35. The summed E-state index contributed by atoms with van der Waals surface area (Å²) >= 11 is 0. The molecule has 1 aliphatic carbocycles. The molecular weight excluding hydrogens is 178 g/mol. The van der Waals surface area contributed by atoms with Crippen molar-refractivity contribution >= 4 is 5.97 Å². The Bertz CT molecular complexity index is 194. The van der Waals surface area contributed by atoms with Gasteiger partial charge in [0.15, 0.2) is 0 Å². The topological polar surface area (TPSA) is 52.3 Å². The number of carbonyl (C=O) groups excluding carboxylic acids is 1. The van der Waals surface area contributed by atoms with Crippen LogP contribution < -0.4 is 5.73 Å². The maximum absolute atomic E-state index is 11.3. The largest absolute Gasteiger partial charge is 0.466 e. The molecule has 2 N–H and O–H groups in total. The van der Waals surface area contributed by atoms with Crippen molar-refractivity contribution in [1.29, 1.82) is 0 Å². The van der Waals surface area contributed by atoms with E-state index >= 15 is 0 Å². The SMILES string of the molecule is CCOC(=O)CC1CC(C)CCC1N. The lowest BCUT2D eigenvalue weighted by molar-refractivity contribution is -0.144. The van der Waals surface area contributed by atoms with Gasteiger partial charge in [-0.15, -0.1) is 0 Å². The molecule has 3 unspecified atom stereocenters. The molecule has 3 atom stereocenters. The minimum Gasteiger partial charge on any atom is -0.466 e. The normalized spacial score (nSPS) is 32.6. The minimum atomic E-state index is -0.0953. The van der Waals surface area contributed by atoms with E-state index in [-0.39, 0.29) is 12.0 Å². The van der Waals surface area contributed by atoms with Crippen LogP contribution in [0.25, 0.3) is 0 Å². The van der Waals surface area contributed by atoms with Crippen LogP contribution in [0.5, 0.6) is 0 Å². The van der Waals surface area contributed by atoms with Gasteiger partial charge in [-0.25, -0.2) is 0 Å². The van der Waals surface area contributed by atoms with E-state index in [4.69, 9.17) is 10.5 Å². The molecule has 0 heterocycles. The van der Waals surface area contributed by atoms with Crippen molar-refractivity contribution in [2.24, 2.45) is 17.6 Å². The minimum absolute atomic E-state index is 0.0953. The first-order valence-corrected chi connectivity index (χ1v) is 5.54. The molecule has 0 aromatic carbocycles. The summed E-state index contributed by atoms with van der Waals surface area (Å²) in [7, 11) is 0. The van der Waals surface area contributed by atoms with Crippen LogP contribution in [0.2, 0.25) is 0 Å². The molecular formula is C11H21NO2. The molecule has 0 aromatic heterocycles. The Hall–Kier alpha value is -0.570. The van der Waals surface area contributed by atoms with Gasteiger partial charge in [0.1, 0.15) is 0 Å². The van der Waals surface area contributed by atoms with Crippen LogP contribution in [-0.2, 0) is 9.53 Å². The van der Waals surface area contributed by atoms with Crippen LogP contribution >= 0.6 is 0 Å². The molecule has 0 amide bonds. The number of esters is 1. The summed E-state index contributed by atoms with van der Waals surface area (Å²) in [5.74, 6) is 0.939. The number of hydrogen-bond acceptors (Lipinski definition) is 3. The summed E-state index contributed by atoms with van der Waals surface area (Å²) in [6, 6.07) is 0.190. The van der Waals surface area contributed by atoms with E-state index in [1.807, 2.05) is 6.92 Å². The van der Waals surface area contributed by atoms with Crippen LogP contribution in [0.15, 0.2) is 0 Å². The van der Waals surface area contributed by atoms with E-state index in [2.05, 4.69) is 6.92 Å². The Labute approximate surface area is 86.0 Å². The second-order valence-corrected chi connectivity index (χ2v) is 4.35. The summed E-state index contributed by atoms with van der Waals surface area (Å²) in [6.07, 6.45) is 3.81. The van der Waals surface area contributed by atoms with Gasteiger partial charge in [-0.3, -0.25) is 4.79 Å². The molecule has 0 radical (unpaired) electrons. The number of carbonyl (C=O) groups is 1. The first-order chi connectivity index (χ1) is 6.63. The summed E-state index contributed by atoms with van der Waals surface area (Å²) in [6.45, 7) is 4.53. The van der Waals surface area contributed by atoms with Crippen LogP contribution in [0.4, 0.5) is 0 Å². The number of ether oxygens (including phenoxy) is 1. The quantitative estimate of drug-likeness (QED) is 0.704. The highest BCUT2D eigenvalue weighted by molar-refractivity contribution is 5.69. The van der Waals surface area contributed by atoms with Gasteiger partial charge in [-0.05, 0) is 38.0 Å². The van der Waals surface area contributed by atoms with Crippen molar-refractivity contribution in [3.8, 4) is 0 Å². The molecule has 0 aromatic rings. The third kappa shape index (κ3) is 3.29. The first-order valence-electron chi connectivity index (χ1n) is 5.54. The average Bonchev–Trinajstić information content (AvgIpc) is 2.12. The van der Waals surface area contributed by atoms with Crippen molar-refractivity contribution in [3.63, 3.8) is 0 Å². The maximum atomic E-state index is 11.3. The first kappa shape index (κ1) is 11.5. The van der Waals surface area contributed by atoms with Gasteiger partial charge in [0, 0.05) is 12.5 Å². The molecule has 0 spiro atoms. The summed E-state index contributed by atoms with van der Waals surface area (Å²) in [5.41, 5.74) is 5.98. The predicted octanol–water partition coefficient (Wildman–Crippen LogP) is 1.70. The highest BCUT2D eigenvalue weighted by Gasteiger charge is 2.27. The molecule has 1 rings (SSSR count). The third-order valence-corrected chi connectivity index (χ3v) is 3.04. The number of nitrogens with two attached hydrogens (primary N) is 1. The Morgan fingerprint density at radius 1 is 1.50 bits per heavy atom. The Morgan fingerprint density at radius 2 is 2.21 bits per heavy atom. The van der Waals surface area contributed by atoms with Crippen LogP contribution in [-0.4, -0.2) is 18.6 Å². The monoisotopic (exact) mass is 199 g/mol. The van der Waals surface area contributed by atoms with E-state index in [0.29, 0.717) is 24.9 Å². The molecule has 0 bridgehead atoms. The van der Waals surface area contributed by atoms with Crippen molar-refractivity contribution in [1.82, 2.24) is 0 Å². The fraction of sp³-hybridized carbons (Fsp3) is 0.909. The molecule has 1 saturated carbocycles. The van der Waals surface area contributed by atoms with Crippen molar-refractivity contribution in [2.45, 2.75) is 45.6 Å². The zero-order chi connectivity index (χ0) is 10.6. The van der Waals surface area contributed by atoms with Crippen LogP contribution in [0.3, 0.4) is 0 Å². The molecule has 1 aliphatic rings. The van der Waals surface area contributed by atoms with Crippen molar-refractivity contribution in [2.75, 3.05) is 6.61 Å². The summed E-state index contributed by atoms with van der Waals surface area (Å²) in [5, 5.41) is 0. The standard InChI is InChI=1S/C11H21NO2/c1-3-14-11(13)7-9-6-8(2)4-5-10(9)12/h8-10H,3-7,12H2,1-2H3. The molecule has 82 valence electrons. The van der Waals surface area contributed by atoms with Gasteiger partial charge < -0.3 is 10.5 Å². The van der Waals surface area contributed by atoms with E-state index < -0.39 is 0 Å². The van der Waals surface area contributed by atoms with E-state index in [9.17, 15) is 4.79 Å². The second-order valence-electron chi connectivity index (χ2n) is 4.35. The number of rotatable bonds is 3. The molecule has 3 heteroatoms. The molecule has 3 nitrogen and oxygen atoms in total. The van der Waals surface area contributed by atoms with Gasteiger partial charge in [0.25, 0.3) is 0 Å². The van der Waals surface area contributed by atoms with Gasteiger partial charge in [-0.2, -0.15) is 0 Å². The average molecular weight is 199 g/mol. The van der Waals surface area contributed by atoms with Crippen molar-refractivity contribution < 1.29 is 9.53 Å². The van der Waals surface area contributed by atoms with Crippen LogP contribution in [0.1, 0.15) is 39.5 Å². The zero-order valence-electron chi connectivity index (χ0n) is 9.16. The van der Waals surface area contributed by atoms with Gasteiger partial charge >= 0.3 is 5.97 Å². The van der Waals surface area contributed by atoms with E-state index in [1.165, 1.54) is 6.42 Å². The summed E-state index contributed by atoms with van der Waals surface area (Å²) < 4.78 is 4.93. The van der Waals surface area contributed by atoms with Gasteiger partial charge in [0.2, 0.25) is 0 Å². The Balaban J connectivity index is 2.37. The lowest BCUT2D eigenvalue weighted by Gasteiger charge is -2.31. The fourth-order valence-corrected chi connectivity index (χ4v) is 2.19. The third-order valence-electron chi connectivity index (χ3n) is 3.04. The zero-order valence-corrected chi connectivity index (χ0v) is 9.16. The number of hydrogen-bond donors (Lipinski definition) is 1.